The van der Waals surface area contributed by atoms with E-state index >= 15 is 0 Å². The van der Waals surface area contributed by atoms with Crippen LogP contribution in [0.3, 0.4) is 0 Å². The number of hydrogen-bond donors (Lipinski definition) is 1. The van der Waals surface area contributed by atoms with Gasteiger partial charge in [0.15, 0.2) is 0 Å². The van der Waals surface area contributed by atoms with Crippen molar-refractivity contribution in [2.24, 2.45) is 7.05 Å². The van der Waals surface area contributed by atoms with E-state index in [2.05, 4.69) is 4.72 Å². The van der Waals surface area contributed by atoms with Gasteiger partial charge < -0.3 is 4.57 Å². The molecule has 0 saturated heterocycles. The summed E-state index contributed by atoms with van der Waals surface area (Å²) in [7, 11) is -1.99. The van der Waals surface area contributed by atoms with Crippen LogP contribution in [-0.4, -0.2) is 13.0 Å². The van der Waals surface area contributed by atoms with Crippen LogP contribution in [-0.2, 0) is 17.1 Å². The van der Waals surface area contributed by atoms with Gasteiger partial charge >= 0.3 is 4.87 Å². The topological polar surface area (TPSA) is 68.2 Å². The van der Waals surface area contributed by atoms with Crippen molar-refractivity contribution in [2.45, 2.75) is 24.8 Å². The summed E-state index contributed by atoms with van der Waals surface area (Å²) in [5, 5.41) is 0. The summed E-state index contributed by atoms with van der Waals surface area (Å²) in [6.45, 7) is 3.79. The minimum absolute atomic E-state index is 0.111. The van der Waals surface area contributed by atoms with E-state index in [-0.39, 0.29) is 15.8 Å². The first-order valence-electron chi connectivity index (χ1n) is 7.46. The van der Waals surface area contributed by atoms with Crippen molar-refractivity contribution in [3.63, 3.8) is 0 Å². The van der Waals surface area contributed by atoms with Gasteiger partial charge in [0, 0.05) is 13.1 Å². The molecule has 0 aliphatic heterocycles. The molecule has 0 aliphatic rings. The summed E-state index contributed by atoms with van der Waals surface area (Å²) in [4.78, 5) is 11.8. The number of rotatable bonds is 4. The molecule has 3 aromatic rings. The molecule has 0 bridgehead atoms. The normalized spacial score (nSPS) is 13.3. The third-order valence-electron chi connectivity index (χ3n) is 3.98. The molecular formula is C17H18N2O3S2. The molecule has 7 heteroatoms. The first-order valence-corrected chi connectivity index (χ1v) is 9.76. The van der Waals surface area contributed by atoms with Crippen LogP contribution in [0.25, 0.3) is 10.2 Å². The van der Waals surface area contributed by atoms with Crippen LogP contribution in [0.2, 0.25) is 0 Å². The lowest BCUT2D eigenvalue weighted by atomic mass is 10.1. The molecular weight excluding hydrogens is 344 g/mol. The summed E-state index contributed by atoms with van der Waals surface area (Å²) in [5.74, 6) is 0. The second kappa shape index (κ2) is 6.16. The fourth-order valence-electron chi connectivity index (χ4n) is 2.51. The van der Waals surface area contributed by atoms with Gasteiger partial charge in [-0.15, -0.1) is 0 Å². The SMILES string of the molecule is Cc1ccc(C(C)NS(=O)(=O)c2ccc3c(c2)sc(=O)n3C)cc1. The van der Waals surface area contributed by atoms with E-state index in [4.69, 9.17) is 0 Å². The fourth-order valence-corrected chi connectivity index (χ4v) is 4.76. The van der Waals surface area contributed by atoms with Crippen molar-refractivity contribution >= 4 is 31.6 Å². The van der Waals surface area contributed by atoms with Crippen LogP contribution in [0, 0.1) is 6.92 Å². The van der Waals surface area contributed by atoms with Gasteiger partial charge in [-0.1, -0.05) is 41.2 Å². The molecule has 2 aromatic carbocycles. The molecule has 0 amide bonds. The Morgan fingerprint density at radius 1 is 1.12 bits per heavy atom. The zero-order chi connectivity index (χ0) is 17.5. The molecule has 126 valence electrons. The van der Waals surface area contributed by atoms with Crippen molar-refractivity contribution < 1.29 is 8.42 Å². The van der Waals surface area contributed by atoms with Crippen molar-refractivity contribution in [3.05, 3.63) is 63.3 Å². The van der Waals surface area contributed by atoms with Gasteiger partial charge in [0.05, 0.1) is 15.1 Å². The summed E-state index contributed by atoms with van der Waals surface area (Å²) in [6, 6.07) is 12.1. The van der Waals surface area contributed by atoms with E-state index in [0.717, 1.165) is 28.0 Å². The van der Waals surface area contributed by atoms with Gasteiger partial charge in [0.2, 0.25) is 10.0 Å². The first-order chi connectivity index (χ1) is 11.3. The highest BCUT2D eigenvalue weighted by molar-refractivity contribution is 7.89. The van der Waals surface area contributed by atoms with Crippen molar-refractivity contribution in [2.75, 3.05) is 0 Å². The molecule has 3 rings (SSSR count). The van der Waals surface area contributed by atoms with Gasteiger partial charge in [-0.3, -0.25) is 4.79 Å². The van der Waals surface area contributed by atoms with E-state index in [1.807, 2.05) is 38.1 Å². The van der Waals surface area contributed by atoms with Crippen LogP contribution in [0.15, 0.2) is 52.2 Å². The maximum absolute atomic E-state index is 12.6. The lowest BCUT2D eigenvalue weighted by Gasteiger charge is -2.15. The van der Waals surface area contributed by atoms with E-state index in [1.54, 1.807) is 19.2 Å². The number of nitrogens with zero attached hydrogens (tertiary/aromatic N) is 1. The molecule has 1 heterocycles. The molecule has 0 spiro atoms. The zero-order valence-electron chi connectivity index (χ0n) is 13.6. The summed E-state index contributed by atoms with van der Waals surface area (Å²) in [6.07, 6.45) is 0. The Kier molecular flexibility index (Phi) is 4.33. The molecule has 0 saturated carbocycles. The second-order valence-electron chi connectivity index (χ2n) is 5.81. The van der Waals surface area contributed by atoms with Gasteiger partial charge in [-0.05, 0) is 37.6 Å². The van der Waals surface area contributed by atoms with Crippen LogP contribution in [0.5, 0.6) is 0 Å². The number of thiazole rings is 1. The van der Waals surface area contributed by atoms with Crippen LogP contribution >= 0.6 is 11.3 Å². The number of aryl methyl sites for hydroxylation is 2. The van der Waals surface area contributed by atoms with Crippen molar-refractivity contribution in [3.8, 4) is 0 Å². The lowest BCUT2D eigenvalue weighted by molar-refractivity contribution is 0.567. The van der Waals surface area contributed by atoms with E-state index in [1.165, 1.54) is 10.6 Å². The predicted octanol–water partition coefficient (Wildman–Crippen LogP) is 2.95. The molecule has 0 fully saturated rings. The maximum Gasteiger partial charge on any atom is 0.307 e. The monoisotopic (exact) mass is 362 g/mol. The second-order valence-corrected chi connectivity index (χ2v) is 8.52. The number of aromatic nitrogens is 1. The average molecular weight is 362 g/mol. The van der Waals surface area contributed by atoms with Gasteiger partial charge in [-0.25, -0.2) is 13.1 Å². The lowest BCUT2D eigenvalue weighted by Crippen LogP contribution is -2.26. The van der Waals surface area contributed by atoms with Crippen LogP contribution in [0.4, 0.5) is 0 Å². The number of hydrogen-bond acceptors (Lipinski definition) is 4. The Morgan fingerprint density at radius 2 is 1.79 bits per heavy atom. The predicted molar refractivity (Wildman–Crippen MR) is 97.0 cm³/mol. The minimum Gasteiger partial charge on any atom is -0.302 e. The standard InChI is InChI=1S/C17H18N2O3S2/c1-11-4-6-13(7-5-11)12(2)18-24(21,22)14-8-9-15-16(10-14)23-17(20)19(15)3/h4-10,12,18H,1-3H3. The zero-order valence-corrected chi connectivity index (χ0v) is 15.2. The third-order valence-corrected chi connectivity index (χ3v) is 6.52. The Bertz CT molecular complexity index is 1050. The summed E-state index contributed by atoms with van der Waals surface area (Å²) in [5.41, 5.74) is 2.75. The Hall–Kier alpha value is -1.96. The van der Waals surface area contributed by atoms with E-state index in [0.29, 0.717) is 4.70 Å². The Morgan fingerprint density at radius 3 is 2.46 bits per heavy atom. The quantitative estimate of drug-likeness (QED) is 0.776. The van der Waals surface area contributed by atoms with Crippen molar-refractivity contribution in [1.82, 2.24) is 9.29 Å². The van der Waals surface area contributed by atoms with Crippen LogP contribution in [0.1, 0.15) is 24.1 Å². The molecule has 24 heavy (non-hydrogen) atoms. The summed E-state index contributed by atoms with van der Waals surface area (Å²) >= 11 is 1.04. The highest BCUT2D eigenvalue weighted by Gasteiger charge is 2.19. The molecule has 5 nitrogen and oxygen atoms in total. The number of fused-ring (bicyclic) bond motifs is 1. The minimum atomic E-state index is -3.67. The van der Waals surface area contributed by atoms with E-state index in [9.17, 15) is 13.2 Å². The number of benzene rings is 2. The summed E-state index contributed by atoms with van der Waals surface area (Å²) < 4.78 is 30.1. The highest BCUT2D eigenvalue weighted by Crippen LogP contribution is 2.23. The number of nitrogens with one attached hydrogen (secondary N) is 1. The Labute approximate surface area is 144 Å². The molecule has 0 radical (unpaired) electrons. The van der Waals surface area contributed by atoms with Gasteiger partial charge in [-0.2, -0.15) is 0 Å². The molecule has 1 aromatic heterocycles. The molecule has 1 unspecified atom stereocenters. The van der Waals surface area contributed by atoms with Gasteiger partial charge in [0.25, 0.3) is 0 Å². The van der Waals surface area contributed by atoms with Crippen LogP contribution < -0.4 is 9.60 Å². The first kappa shape index (κ1) is 16.9. The third kappa shape index (κ3) is 3.15. The molecule has 1 N–H and O–H groups in total. The molecule has 0 aliphatic carbocycles. The highest BCUT2D eigenvalue weighted by atomic mass is 32.2. The van der Waals surface area contributed by atoms with Crippen molar-refractivity contribution in [1.29, 1.82) is 0 Å². The van der Waals surface area contributed by atoms with Gasteiger partial charge in [0.1, 0.15) is 0 Å². The Balaban J connectivity index is 1.92. The smallest absolute Gasteiger partial charge is 0.302 e. The number of sulfonamides is 1. The average Bonchev–Trinajstić information content (AvgIpc) is 2.82. The maximum atomic E-state index is 12.6. The molecule has 1 atom stereocenters. The largest absolute Gasteiger partial charge is 0.307 e. The fraction of sp³-hybridized carbons (Fsp3) is 0.235. The van der Waals surface area contributed by atoms with E-state index < -0.39 is 10.0 Å².